The van der Waals surface area contributed by atoms with Gasteiger partial charge in [0.1, 0.15) is 11.5 Å². The van der Waals surface area contributed by atoms with Crippen molar-refractivity contribution in [3.63, 3.8) is 0 Å². The Balaban J connectivity index is 1.38. The minimum Gasteiger partial charge on any atom is -0.334 e. The summed E-state index contributed by atoms with van der Waals surface area (Å²) in [4.78, 5) is 16.3. The molecule has 7 heteroatoms. The van der Waals surface area contributed by atoms with Gasteiger partial charge in [-0.15, -0.1) is 0 Å². The van der Waals surface area contributed by atoms with Crippen LogP contribution in [0.25, 0.3) is 11.2 Å². The fraction of sp³-hybridized carbons (Fsp3) is 0.200. The van der Waals surface area contributed by atoms with Crippen molar-refractivity contribution in [2.45, 2.75) is 13.0 Å². The molecule has 0 unspecified atom stereocenters. The number of hydrogen-bond donors (Lipinski definition) is 3. The maximum atomic E-state index is 14.4. The van der Waals surface area contributed by atoms with E-state index in [1.807, 2.05) is 35.0 Å². The molecule has 0 atom stereocenters. The molecule has 0 saturated heterocycles. The van der Waals surface area contributed by atoms with Crippen LogP contribution in [0.2, 0.25) is 0 Å². The molecule has 27 heavy (non-hydrogen) atoms. The normalized spacial score (nSPS) is 14.0. The van der Waals surface area contributed by atoms with Crippen LogP contribution in [-0.4, -0.2) is 28.5 Å². The summed E-state index contributed by atoms with van der Waals surface area (Å²) in [6, 6.07) is 8.25. The van der Waals surface area contributed by atoms with Crippen molar-refractivity contribution in [1.29, 1.82) is 0 Å². The Morgan fingerprint density at radius 3 is 3.00 bits per heavy atom. The fourth-order valence-electron chi connectivity index (χ4n) is 3.11. The zero-order chi connectivity index (χ0) is 18.6. The van der Waals surface area contributed by atoms with Gasteiger partial charge >= 0.3 is 6.03 Å². The molecule has 1 aliphatic rings. The van der Waals surface area contributed by atoms with Crippen LogP contribution in [0.15, 0.2) is 55.0 Å². The Labute approximate surface area is 156 Å². The summed E-state index contributed by atoms with van der Waals surface area (Å²) < 4.78 is 16.3. The van der Waals surface area contributed by atoms with E-state index in [4.69, 9.17) is 0 Å². The van der Waals surface area contributed by atoms with Gasteiger partial charge < -0.3 is 20.4 Å². The molecule has 1 aromatic carbocycles. The van der Waals surface area contributed by atoms with Crippen molar-refractivity contribution < 1.29 is 9.18 Å². The summed E-state index contributed by atoms with van der Waals surface area (Å²) in [5, 5.41) is 8.53. The minimum absolute atomic E-state index is 0.162. The van der Waals surface area contributed by atoms with Crippen LogP contribution >= 0.6 is 0 Å². The van der Waals surface area contributed by atoms with Crippen molar-refractivity contribution in [2.24, 2.45) is 0 Å². The van der Waals surface area contributed by atoms with Crippen LogP contribution in [0.1, 0.15) is 17.5 Å². The van der Waals surface area contributed by atoms with E-state index in [1.165, 1.54) is 6.07 Å². The van der Waals surface area contributed by atoms with Crippen LogP contribution in [0.3, 0.4) is 0 Å². The van der Waals surface area contributed by atoms with E-state index in [0.717, 1.165) is 41.9 Å². The number of aromatic nitrogens is 2. The number of pyridine rings is 1. The number of fused-ring (bicyclic) bond motifs is 1. The third-order valence-corrected chi connectivity index (χ3v) is 4.57. The lowest BCUT2D eigenvalue weighted by atomic mass is 10.00. The molecule has 0 aliphatic carbocycles. The summed E-state index contributed by atoms with van der Waals surface area (Å²) in [5.41, 5.74) is 3.86. The summed E-state index contributed by atoms with van der Waals surface area (Å²) in [6.45, 7) is 2.01. The maximum Gasteiger partial charge on any atom is 0.319 e. The summed E-state index contributed by atoms with van der Waals surface area (Å²) >= 11 is 0. The zero-order valence-electron chi connectivity index (χ0n) is 14.7. The number of amides is 2. The average Bonchev–Trinajstić information content (AvgIpc) is 3.16. The van der Waals surface area contributed by atoms with Gasteiger partial charge in [-0.05, 0) is 53.9 Å². The molecule has 0 radical (unpaired) electrons. The molecule has 2 aromatic heterocycles. The molecule has 138 valence electrons. The highest BCUT2D eigenvalue weighted by Crippen LogP contribution is 2.24. The summed E-state index contributed by atoms with van der Waals surface area (Å²) in [5.74, 6) is -0.444. The van der Waals surface area contributed by atoms with Gasteiger partial charge in [0.2, 0.25) is 0 Å². The number of nitrogens with zero attached hydrogens (tertiary/aromatic N) is 2. The van der Waals surface area contributed by atoms with Crippen LogP contribution in [0.5, 0.6) is 0 Å². The highest BCUT2D eigenvalue weighted by atomic mass is 19.1. The van der Waals surface area contributed by atoms with Gasteiger partial charge in [-0.2, -0.15) is 0 Å². The second-order valence-electron chi connectivity index (χ2n) is 6.41. The van der Waals surface area contributed by atoms with E-state index in [-0.39, 0.29) is 5.69 Å². The van der Waals surface area contributed by atoms with Gasteiger partial charge in [0.15, 0.2) is 0 Å². The molecule has 0 saturated carbocycles. The second kappa shape index (κ2) is 7.59. The Kier molecular flexibility index (Phi) is 4.84. The number of carbonyl (C=O) groups excluding carboxylic acids is 1. The molecule has 1 aliphatic heterocycles. The number of hydrogen-bond acceptors (Lipinski definition) is 3. The lowest BCUT2D eigenvalue weighted by molar-refractivity contribution is 0.251. The first-order chi connectivity index (χ1) is 13.2. The Bertz CT molecular complexity index is 1010. The number of halogens is 1. The predicted octanol–water partition coefficient (Wildman–Crippen LogP) is 3.17. The van der Waals surface area contributed by atoms with Gasteiger partial charge in [-0.1, -0.05) is 12.1 Å². The zero-order valence-corrected chi connectivity index (χ0v) is 14.7. The molecular weight excluding hydrogens is 345 g/mol. The highest BCUT2D eigenvalue weighted by molar-refractivity contribution is 5.89. The SMILES string of the molecule is O=C(NCc1ccn2ccnc2c1)Nc1ccc(C2=CCNCC2)cc1F. The maximum absolute atomic E-state index is 14.4. The highest BCUT2D eigenvalue weighted by Gasteiger charge is 2.11. The van der Waals surface area contributed by atoms with E-state index >= 15 is 0 Å². The van der Waals surface area contributed by atoms with E-state index < -0.39 is 11.8 Å². The average molecular weight is 365 g/mol. The van der Waals surface area contributed by atoms with E-state index in [0.29, 0.717) is 6.54 Å². The van der Waals surface area contributed by atoms with E-state index in [1.54, 1.807) is 12.3 Å². The molecule has 0 fully saturated rings. The topological polar surface area (TPSA) is 70.5 Å². The predicted molar refractivity (Wildman–Crippen MR) is 103 cm³/mol. The minimum atomic E-state index is -0.453. The Morgan fingerprint density at radius 1 is 1.26 bits per heavy atom. The number of benzene rings is 1. The molecule has 3 heterocycles. The fourth-order valence-corrected chi connectivity index (χ4v) is 3.11. The summed E-state index contributed by atoms with van der Waals surface area (Å²) in [6.07, 6.45) is 8.38. The largest absolute Gasteiger partial charge is 0.334 e. The molecule has 2 amide bonds. The molecule has 0 bridgehead atoms. The Morgan fingerprint density at radius 2 is 2.19 bits per heavy atom. The van der Waals surface area contributed by atoms with Crippen LogP contribution in [-0.2, 0) is 6.54 Å². The third kappa shape index (κ3) is 3.98. The van der Waals surface area contributed by atoms with Crippen LogP contribution in [0, 0.1) is 5.82 Å². The first kappa shape index (κ1) is 17.2. The molecular formula is C20H20FN5O. The molecule has 4 rings (SSSR count). The first-order valence-electron chi connectivity index (χ1n) is 8.85. The molecule has 0 spiro atoms. The van der Waals surface area contributed by atoms with Crippen LogP contribution in [0.4, 0.5) is 14.9 Å². The number of urea groups is 1. The third-order valence-electron chi connectivity index (χ3n) is 4.57. The van der Waals surface area contributed by atoms with Crippen molar-refractivity contribution in [3.05, 3.63) is 71.9 Å². The number of imidazole rings is 1. The van der Waals surface area contributed by atoms with E-state index in [2.05, 4.69) is 27.0 Å². The van der Waals surface area contributed by atoms with Crippen molar-refractivity contribution in [3.8, 4) is 0 Å². The van der Waals surface area contributed by atoms with Crippen molar-refractivity contribution in [2.75, 3.05) is 18.4 Å². The number of rotatable bonds is 4. The molecule has 6 nitrogen and oxygen atoms in total. The quantitative estimate of drug-likeness (QED) is 0.665. The van der Waals surface area contributed by atoms with Gasteiger partial charge in [-0.25, -0.2) is 14.2 Å². The second-order valence-corrected chi connectivity index (χ2v) is 6.41. The van der Waals surface area contributed by atoms with Crippen molar-refractivity contribution >= 4 is 22.9 Å². The van der Waals surface area contributed by atoms with Crippen molar-refractivity contribution in [1.82, 2.24) is 20.0 Å². The summed E-state index contributed by atoms with van der Waals surface area (Å²) in [7, 11) is 0. The van der Waals surface area contributed by atoms with Gasteiger partial charge in [0, 0.05) is 31.7 Å². The lowest BCUT2D eigenvalue weighted by Gasteiger charge is -2.15. The molecule has 3 N–H and O–H groups in total. The van der Waals surface area contributed by atoms with Gasteiger partial charge in [0.25, 0.3) is 0 Å². The number of nitrogens with one attached hydrogen (secondary N) is 3. The number of anilines is 1. The number of carbonyl (C=O) groups is 1. The van der Waals surface area contributed by atoms with Gasteiger partial charge in [0.05, 0.1) is 5.69 Å². The van der Waals surface area contributed by atoms with E-state index in [9.17, 15) is 9.18 Å². The van der Waals surface area contributed by atoms with Gasteiger partial charge in [-0.3, -0.25) is 0 Å². The molecule has 3 aromatic rings. The van der Waals surface area contributed by atoms with Crippen LogP contribution < -0.4 is 16.0 Å². The lowest BCUT2D eigenvalue weighted by Crippen LogP contribution is -2.28. The standard InChI is InChI=1S/C20H20FN5O/c21-17-12-16(15-3-6-22-7-4-15)1-2-18(17)25-20(27)24-13-14-5-9-26-10-8-23-19(26)11-14/h1-3,5,8-12,22H,4,6-7,13H2,(H2,24,25,27). The monoisotopic (exact) mass is 365 g/mol. The first-order valence-corrected chi connectivity index (χ1v) is 8.85. The smallest absolute Gasteiger partial charge is 0.319 e. The Hall–Kier alpha value is -3.19.